The van der Waals surface area contributed by atoms with Gasteiger partial charge in [0.25, 0.3) is 0 Å². The molecule has 0 saturated heterocycles. The number of carbonyl (C=O) groups excluding carboxylic acids is 1. The van der Waals surface area contributed by atoms with E-state index in [1.165, 1.54) is 0 Å². The molecule has 0 aromatic heterocycles. The molecule has 0 fully saturated rings. The van der Waals surface area contributed by atoms with Gasteiger partial charge in [-0.05, 0) is 23.8 Å². The quantitative estimate of drug-likeness (QED) is 0.809. The van der Waals surface area contributed by atoms with Gasteiger partial charge in [-0.1, -0.05) is 24.3 Å². The molecule has 2 aromatic rings. The summed E-state index contributed by atoms with van der Waals surface area (Å²) in [4.78, 5) is 12.0. The maximum atomic E-state index is 12.0. The molecular formula is C17H16O4. The van der Waals surface area contributed by atoms with Crippen molar-refractivity contribution in [2.45, 2.75) is 12.5 Å². The van der Waals surface area contributed by atoms with Crippen LogP contribution >= 0.6 is 0 Å². The van der Waals surface area contributed by atoms with Crippen molar-refractivity contribution in [1.82, 2.24) is 0 Å². The Morgan fingerprint density at radius 2 is 1.81 bits per heavy atom. The van der Waals surface area contributed by atoms with Crippen LogP contribution in [-0.2, 0) is 11.2 Å². The lowest BCUT2D eigenvalue weighted by Gasteiger charge is -2.11. The first-order chi connectivity index (χ1) is 10.2. The lowest BCUT2D eigenvalue weighted by molar-refractivity contribution is 0.0385. The van der Waals surface area contributed by atoms with Gasteiger partial charge in [0.1, 0.15) is 23.2 Å². The molecule has 0 bridgehead atoms. The summed E-state index contributed by atoms with van der Waals surface area (Å²) in [5.41, 5.74) is 2.51. The van der Waals surface area contributed by atoms with Gasteiger partial charge in [-0.15, -0.1) is 0 Å². The van der Waals surface area contributed by atoms with Gasteiger partial charge in [-0.3, -0.25) is 0 Å². The normalized spacial score (nSPS) is 16.3. The monoisotopic (exact) mass is 284 g/mol. The minimum absolute atomic E-state index is 0.268. The summed E-state index contributed by atoms with van der Waals surface area (Å²) >= 11 is 0. The maximum absolute atomic E-state index is 12.0. The summed E-state index contributed by atoms with van der Waals surface area (Å²) in [5, 5.41) is 0. The molecule has 21 heavy (non-hydrogen) atoms. The van der Waals surface area contributed by atoms with Crippen LogP contribution in [0.3, 0.4) is 0 Å². The highest BCUT2D eigenvalue weighted by Crippen LogP contribution is 2.38. The van der Waals surface area contributed by atoms with E-state index in [9.17, 15) is 4.79 Å². The van der Waals surface area contributed by atoms with Crippen molar-refractivity contribution in [3.63, 3.8) is 0 Å². The van der Waals surface area contributed by atoms with Gasteiger partial charge in [0.15, 0.2) is 0 Å². The van der Waals surface area contributed by atoms with E-state index < -0.39 is 0 Å². The molecule has 0 radical (unpaired) electrons. The fourth-order valence-electron chi connectivity index (χ4n) is 2.58. The van der Waals surface area contributed by atoms with Gasteiger partial charge in [0.05, 0.1) is 14.2 Å². The molecule has 0 N–H and O–H groups in total. The summed E-state index contributed by atoms with van der Waals surface area (Å²) in [6.07, 6.45) is 0.367. The number of carbonyl (C=O) groups is 1. The summed E-state index contributed by atoms with van der Waals surface area (Å²) in [7, 11) is 3.19. The molecule has 108 valence electrons. The van der Waals surface area contributed by atoms with E-state index in [1.54, 1.807) is 20.3 Å². The Hall–Kier alpha value is -2.49. The zero-order chi connectivity index (χ0) is 14.8. The van der Waals surface area contributed by atoms with Crippen molar-refractivity contribution in [1.29, 1.82) is 0 Å². The molecule has 1 atom stereocenters. The second kappa shape index (κ2) is 5.48. The topological polar surface area (TPSA) is 44.8 Å². The van der Waals surface area contributed by atoms with E-state index in [1.807, 2.05) is 36.4 Å². The number of ether oxygens (including phenoxy) is 3. The number of benzene rings is 2. The Morgan fingerprint density at radius 1 is 1.05 bits per heavy atom. The Kier molecular flexibility index (Phi) is 3.52. The third kappa shape index (κ3) is 2.44. The molecular weight excluding hydrogens is 268 g/mol. The number of rotatable bonds is 4. The van der Waals surface area contributed by atoms with Crippen molar-refractivity contribution in [3.8, 4) is 11.5 Å². The Balaban J connectivity index is 1.87. The lowest BCUT2D eigenvalue weighted by Crippen LogP contribution is -2.02. The Bertz CT molecular complexity index is 661. The van der Waals surface area contributed by atoms with Crippen LogP contribution in [0.4, 0.5) is 0 Å². The molecule has 0 spiro atoms. The van der Waals surface area contributed by atoms with Crippen LogP contribution in [0.2, 0.25) is 0 Å². The fraction of sp³-hybridized carbons (Fsp3) is 0.235. The van der Waals surface area contributed by atoms with E-state index in [4.69, 9.17) is 14.2 Å². The van der Waals surface area contributed by atoms with Crippen LogP contribution in [0.25, 0.3) is 0 Å². The Morgan fingerprint density at radius 3 is 2.48 bits per heavy atom. The zero-order valence-electron chi connectivity index (χ0n) is 12.0. The number of methoxy groups -OCH3 is 2. The molecule has 0 saturated carbocycles. The van der Waals surface area contributed by atoms with Crippen LogP contribution in [0.15, 0.2) is 42.5 Å². The van der Waals surface area contributed by atoms with Crippen molar-refractivity contribution in [2.24, 2.45) is 0 Å². The van der Waals surface area contributed by atoms with E-state index >= 15 is 0 Å². The smallest absolute Gasteiger partial charge is 0.342 e. The third-order valence-corrected chi connectivity index (χ3v) is 3.66. The number of hydrogen-bond acceptors (Lipinski definition) is 4. The van der Waals surface area contributed by atoms with Crippen LogP contribution < -0.4 is 9.47 Å². The van der Waals surface area contributed by atoms with E-state index in [2.05, 4.69) is 0 Å². The van der Waals surface area contributed by atoms with E-state index in [-0.39, 0.29) is 12.1 Å². The zero-order valence-corrected chi connectivity index (χ0v) is 12.0. The largest absolute Gasteiger partial charge is 0.497 e. The average Bonchev–Trinajstić information content (AvgIpc) is 2.84. The molecule has 3 rings (SSSR count). The highest BCUT2D eigenvalue weighted by Gasteiger charge is 2.33. The van der Waals surface area contributed by atoms with Crippen molar-refractivity contribution in [2.75, 3.05) is 14.2 Å². The highest BCUT2D eigenvalue weighted by atomic mass is 16.6. The molecule has 4 heteroatoms. The van der Waals surface area contributed by atoms with E-state index in [0.717, 1.165) is 16.9 Å². The van der Waals surface area contributed by atoms with Gasteiger partial charge in [0.2, 0.25) is 0 Å². The fourth-order valence-corrected chi connectivity index (χ4v) is 2.58. The van der Waals surface area contributed by atoms with Crippen LogP contribution in [0, 0.1) is 0 Å². The highest BCUT2D eigenvalue weighted by molar-refractivity contribution is 5.97. The van der Waals surface area contributed by atoms with Gasteiger partial charge >= 0.3 is 5.97 Å². The summed E-state index contributed by atoms with van der Waals surface area (Å²) in [6.45, 7) is 0. The molecule has 0 aliphatic carbocycles. The predicted octanol–water partition coefficient (Wildman–Crippen LogP) is 3.16. The van der Waals surface area contributed by atoms with Gasteiger partial charge in [-0.2, -0.15) is 0 Å². The minimum Gasteiger partial charge on any atom is -0.497 e. The molecule has 1 heterocycles. The first-order valence-electron chi connectivity index (χ1n) is 6.73. The first kappa shape index (κ1) is 13.5. The minimum atomic E-state index is -0.319. The van der Waals surface area contributed by atoms with Gasteiger partial charge in [0, 0.05) is 12.0 Å². The summed E-state index contributed by atoms with van der Waals surface area (Å²) in [6, 6.07) is 13.3. The SMILES string of the molecule is COc1ccc(C[C@H]2OC(=O)c3c(OC)cccc32)cc1. The molecule has 0 unspecified atom stereocenters. The molecule has 4 nitrogen and oxygen atoms in total. The predicted molar refractivity (Wildman–Crippen MR) is 77.8 cm³/mol. The molecule has 0 amide bonds. The van der Waals surface area contributed by atoms with Gasteiger partial charge < -0.3 is 14.2 Å². The number of fused-ring (bicyclic) bond motifs is 1. The summed E-state index contributed by atoms with van der Waals surface area (Å²) < 4.78 is 15.9. The standard InChI is InChI=1S/C17H16O4/c1-19-12-8-6-11(7-9-12)10-15-13-4-3-5-14(20-2)16(13)17(18)21-15/h3-9,15H,10H2,1-2H3/t15-/m1/s1. The third-order valence-electron chi connectivity index (χ3n) is 3.66. The van der Waals surface area contributed by atoms with Crippen molar-refractivity contribution in [3.05, 3.63) is 59.2 Å². The number of esters is 1. The van der Waals surface area contributed by atoms with Crippen molar-refractivity contribution < 1.29 is 19.0 Å². The number of hydrogen-bond donors (Lipinski definition) is 0. The average molecular weight is 284 g/mol. The van der Waals surface area contributed by atoms with Crippen molar-refractivity contribution >= 4 is 5.97 Å². The van der Waals surface area contributed by atoms with Crippen LogP contribution in [0.1, 0.15) is 27.6 Å². The first-order valence-corrected chi connectivity index (χ1v) is 6.73. The van der Waals surface area contributed by atoms with Gasteiger partial charge in [-0.25, -0.2) is 4.79 Å². The molecule has 1 aliphatic rings. The number of cyclic esters (lactones) is 1. The summed E-state index contributed by atoms with van der Waals surface area (Å²) in [5.74, 6) is 1.06. The second-order valence-electron chi connectivity index (χ2n) is 4.87. The molecule has 1 aliphatic heterocycles. The lowest BCUT2D eigenvalue weighted by atomic mass is 9.99. The van der Waals surface area contributed by atoms with E-state index in [0.29, 0.717) is 17.7 Å². The van der Waals surface area contributed by atoms with Crippen LogP contribution in [-0.4, -0.2) is 20.2 Å². The Labute approximate surface area is 123 Å². The molecule has 2 aromatic carbocycles. The van der Waals surface area contributed by atoms with Crippen LogP contribution in [0.5, 0.6) is 11.5 Å². The second-order valence-corrected chi connectivity index (χ2v) is 4.87. The maximum Gasteiger partial charge on any atom is 0.342 e.